The molecule has 0 N–H and O–H groups in total. The van der Waals surface area contributed by atoms with E-state index >= 15 is 0 Å². The predicted octanol–water partition coefficient (Wildman–Crippen LogP) is 3.71. The number of aromatic nitrogens is 2. The molecule has 2 aromatic rings. The van der Waals surface area contributed by atoms with Crippen LogP contribution in [0.5, 0.6) is 0 Å². The number of benzene rings is 1. The highest BCUT2D eigenvalue weighted by molar-refractivity contribution is 7.08. The van der Waals surface area contributed by atoms with Crippen molar-refractivity contribution in [1.29, 1.82) is 0 Å². The van der Waals surface area contributed by atoms with E-state index < -0.39 is 5.82 Å². The minimum atomic E-state index is -0.463. The number of carbonyl (C=O) groups is 1. The van der Waals surface area contributed by atoms with Gasteiger partial charge in [-0.1, -0.05) is 35.5 Å². The minimum Gasteiger partial charge on any atom is -0.293 e. The highest BCUT2D eigenvalue weighted by Gasteiger charge is 2.19. The van der Waals surface area contributed by atoms with Crippen molar-refractivity contribution in [3.05, 3.63) is 45.2 Å². The molecule has 2 rings (SSSR count). The molecule has 1 aromatic heterocycles. The van der Waals surface area contributed by atoms with Crippen LogP contribution in [0.2, 0.25) is 5.02 Å². The van der Waals surface area contributed by atoms with Crippen LogP contribution in [0.1, 0.15) is 34.3 Å². The van der Waals surface area contributed by atoms with Crippen LogP contribution < -0.4 is 0 Å². The summed E-state index contributed by atoms with van der Waals surface area (Å²) in [5.74, 6) is -0.652. The first-order valence-electron chi connectivity index (χ1n) is 5.90. The molecule has 0 atom stereocenters. The van der Waals surface area contributed by atoms with Crippen LogP contribution in [-0.2, 0) is 12.8 Å². The van der Waals surface area contributed by atoms with E-state index in [1.807, 2.05) is 6.92 Å². The molecule has 0 radical (unpaired) electrons. The Morgan fingerprint density at radius 1 is 1.47 bits per heavy atom. The Hall–Kier alpha value is -1.33. The summed E-state index contributed by atoms with van der Waals surface area (Å²) in [7, 11) is 0. The predicted molar refractivity (Wildman–Crippen MR) is 73.3 cm³/mol. The smallest absolute Gasteiger partial charge is 0.180 e. The summed E-state index contributed by atoms with van der Waals surface area (Å²) in [4.78, 5) is 12.7. The van der Waals surface area contributed by atoms with Gasteiger partial charge < -0.3 is 0 Å². The van der Waals surface area contributed by atoms with Crippen LogP contribution in [0.3, 0.4) is 0 Å². The molecule has 0 aliphatic carbocycles. The van der Waals surface area contributed by atoms with Gasteiger partial charge >= 0.3 is 0 Å². The summed E-state index contributed by atoms with van der Waals surface area (Å²) in [5, 5.41) is 4.20. The van der Waals surface area contributed by atoms with Crippen molar-refractivity contribution >= 4 is 28.9 Å². The van der Waals surface area contributed by atoms with Crippen LogP contribution in [-0.4, -0.2) is 15.4 Å². The van der Waals surface area contributed by atoms with Crippen molar-refractivity contribution in [1.82, 2.24) is 9.59 Å². The van der Waals surface area contributed by atoms with Gasteiger partial charge in [-0.05, 0) is 30.1 Å². The zero-order valence-electron chi connectivity index (χ0n) is 10.3. The van der Waals surface area contributed by atoms with Gasteiger partial charge in [0.05, 0.1) is 5.69 Å². The van der Waals surface area contributed by atoms with Crippen LogP contribution in [0, 0.1) is 5.82 Å². The molecule has 1 heterocycles. The van der Waals surface area contributed by atoms with E-state index in [2.05, 4.69) is 9.59 Å². The van der Waals surface area contributed by atoms with Crippen LogP contribution in [0.15, 0.2) is 18.2 Å². The molecule has 0 saturated heterocycles. The van der Waals surface area contributed by atoms with E-state index in [1.54, 1.807) is 6.07 Å². The molecular formula is C13H12ClFN2OS. The van der Waals surface area contributed by atoms with Gasteiger partial charge in [0.15, 0.2) is 5.78 Å². The van der Waals surface area contributed by atoms with Crippen LogP contribution in [0.4, 0.5) is 4.39 Å². The van der Waals surface area contributed by atoms with Gasteiger partial charge in [-0.15, -0.1) is 5.10 Å². The lowest BCUT2D eigenvalue weighted by atomic mass is 10.1. The van der Waals surface area contributed by atoms with Crippen molar-refractivity contribution in [3.8, 4) is 0 Å². The molecule has 3 nitrogen and oxygen atoms in total. The first-order chi connectivity index (χ1) is 9.13. The average molecular weight is 299 g/mol. The maximum absolute atomic E-state index is 13.6. The summed E-state index contributed by atoms with van der Waals surface area (Å²) in [6.45, 7) is 2.00. The summed E-state index contributed by atoms with van der Waals surface area (Å²) in [6, 6.07) is 4.39. The second kappa shape index (κ2) is 6.21. The quantitative estimate of drug-likeness (QED) is 0.790. The molecule has 0 amide bonds. The maximum atomic E-state index is 13.6. The Kier molecular flexibility index (Phi) is 4.61. The van der Waals surface area contributed by atoms with E-state index in [4.69, 9.17) is 11.6 Å². The fourth-order valence-electron chi connectivity index (χ4n) is 1.76. The maximum Gasteiger partial charge on any atom is 0.180 e. The number of Topliss-reactive ketones (excluding diaryl/α,β-unsaturated/α-hetero) is 1. The zero-order chi connectivity index (χ0) is 13.8. The lowest BCUT2D eigenvalue weighted by Gasteiger charge is -2.04. The van der Waals surface area contributed by atoms with E-state index in [0.29, 0.717) is 17.0 Å². The molecular weight excluding hydrogens is 287 g/mol. The highest BCUT2D eigenvalue weighted by atomic mass is 35.5. The molecule has 0 spiro atoms. The van der Waals surface area contributed by atoms with Gasteiger partial charge in [0.1, 0.15) is 10.7 Å². The summed E-state index contributed by atoms with van der Waals surface area (Å²) in [5.41, 5.74) is 0.912. The van der Waals surface area contributed by atoms with Crippen molar-refractivity contribution in [3.63, 3.8) is 0 Å². The topological polar surface area (TPSA) is 42.9 Å². The number of carbonyl (C=O) groups excluding carboxylic acids is 1. The number of aryl methyl sites for hydroxylation is 1. The molecule has 100 valence electrons. The van der Waals surface area contributed by atoms with E-state index in [-0.39, 0.29) is 22.8 Å². The zero-order valence-corrected chi connectivity index (χ0v) is 11.9. The number of ketones is 1. The molecule has 0 bridgehead atoms. The molecule has 19 heavy (non-hydrogen) atoms. The Morgan fingerprint density at radius 3 is 2.95 bits per heavy atom. The number of nitrogens with zero attached hydrogens (tertiary/aromatic N) is 2. The minimum absolute atomic E-state index is 0.0634. The second-order valence-electron chi connectivity index (χ2n) is 4.10. The number of halogens is 2. The second-order valence-corrected chi connectivity index (χ2v) is 5.26. The van der Waals surface area contributed by atoms with Crippen LogP contribution in [0.25, 0.3) is 0 Å². The molecule has 0 aliphatic rings. The fraction of sp³-hybridized carbons (Fsp3) is 0.308. The first-order valence-corrected chi connectivity index (χ1v) is 7.06. The Morgan fingerprint density at radius 2 is 2.26 bits per heavy atom. The van der Waals surface area contributed by atoms with Gasteiger partial charge in [-0.25, -0.2) is 4.39 Å². The van der Waals surface area contributed by atoms with Gasteiger partial charge in [0.25, 0.3) is 0 Å². The van der Waals surface area contributed by atoms with Gasteiger partial charge in [-0.3, -0.25) is 4.79 Å². The van der Waals surface area contributed by atoms with Crippen molar-refractivity contribution in [2.45, 2.75) is 26.2 Å². The molecule has 6 heteroatoms. The largest absolute Gasteiger partial charge is 0.293 e. The first kappa shape index (κ1) is 14.1. The Bertz CT molecular complexity index is 580. The molecule has 0 saturated carbocycles. The van der Waals surface area contributed by atoms with Crippen molar-refractivity contribution < 1.29 is 9.18 Å². The van der Waals surface area contributed by atoms with Gasteiger partial charge in [0, 0.05) is 17.0 Å². The van der Waals surface area contributed by atoms with Crippen molar-refractivity contribution in [2.75, 3.05) is 0 Å². The summed E-state index contributed by atoms with van der Waals surface area (Å²) >= 11 is 6.97. The lowest BCUT2D eigenvalue weighted by molar-refractivity contribution is 0.0994. The molecule has 1 aromatic carbocycles. The SMILES string of the molecule is CCCc1nnsc1C(=O)Cc1c(F)cccc1Cl. The van der Waals surface area contributed by atoms with E-state index in [9.17, 15) is 9.18 Å². The third-order valence-electron chi connectivity index (χ3n) is 2.69. The summed E-state index contributed by atoms with van der Waals surface area (Å²) in [6.07, 6.45) is 1.51. The molecule has 0 fully saturated rings. The number of hydrogen-bond acceptors (Lipinski definition) is 4. The van der Waals surface area contributed by atoms with Crippen molar-refractivity contribution in [2.24, 2.45) is 0 Å². The monoisotopic (exact) mass is 298 g/mol. The summed E-state index contributed by atoms with van der Waals surface area (Å²) < 4.78 is 17.4. The number of hydrogen-bond donors (Lipinski definition) is 0. The Labute approximate surface area is 119 Å². The molecule has 0 unspecified atom stereocenters. The van der Waals surface area contributed by atoms with Gasteiger partial charge in [-0.2, -0.15) is 0 Å². The Balaban J connectivity index is 2.24. The lowest BCUT2D eigenvalue weighted by Crippen LogP contribution is -2.07. The third kappa shape index (κ3) is 3.16. The van der Waals surface area contributed by atoms with Crippen LogP contribution >= 0.6 is 23.1 Å². The fourth-order valence-corrected chi connectivity index (χ4v) is 2.64. The number of rotatable bonds is 5. The van der Waals surface area contributed by atoms with Gasteiger partial charge in [0.2, 0.25) is 0 Å². The molecule has 0 aliphatic heterocycles. The normalized spacial score (nSPS) is 10.7. The third-order valence-corrected chi connectivity index (χ3v) is 3.86. The standard InChI is InChI=1S/C13H12ClFN2OS/c1-2-4-11-13(19-17-16-11)12(18)7-8-9(14)5-3-6-10(8)15/h3,5-6H,2,4,7H2,1H3. The van der Waals surface area contributed by atoms with E-state index in [1.165, 1.54) is 12.1 Å². The van der Waals surface area contributed by atoms with E-state index in [0.717, 1.165) is 18.0 Å². The average Bonchev–Trinajstić information content (AvgIpc) is 2.83. The highest BCUT2D eigenvalue weighted by Crippen LogP contribution is 2.22.